The van der Waals surface area contributed by atoms with Gasteiger partial charge < -0.3 is 10.5 Å². The third kappa shape index (κ3) is 3.49. The van der Waals surface area contributed by atoms with Gasteiger partial charge in [-0.15, -0.1) is 5.10 Å². The van der Waals surface area contributed by atoms with Gasteiger partial charge in [0.15, 0.2) is 11.5 Å². The molecule has 0 unspecified atom stereocenters. The lowest BCUT2D eigenvalue weighted by atomic mass is 9.70. The van der Waals surface area contributed by atoms with Gasteiger partial charge in [-0.05, 0) is 67.8 Å². The van der Waals surface area contributed by atoms with E-state index in [0.717, 1.165) is 30.2 Å². The molecule has 1 saturated carbocycles. The van der Waals surface area contributed by atoms with Crippen LogP contribution in [0.1, 0.15) is 60.9 Å². The van der Waals surface area contributed by atoms with Crippen molar-refractivity contribution >= 4 is 22.5 Å². The van der Waals surface area contributed by atoms with E-state index < -0.39 is 11.7 Å². The molecular formula is C26H27F3N6O. The molecule has 2 aliphatic rings. The summed E-state index contributed by atoms with van der Waals surface area (Å²) in [4.78, 5) is 9.23. The molecule has 2 aromatic carbocycles. The zero-order chi connectivity index (χ0) is 25.1. The number of piperidine rings is 1. The maximum atomic E-state index is 14.0. The van der Waals surface area contributed by atoms with E-state index in [-0.39, 0.29) is 24.2 Å². The fourth-order valence-corrected chi connectivity index (χ4v) is 5.68. The van der Waals surface area contributed by atoms with Gasteiger partial charge in [-0.3, -0.25) is 5.32 Å². The van der Waals surface area contributed by atoms with Gasteiger partial charge in [0.2, 0.25) is 5.95 Å². The number of nitrogens with zero attached hydrogens (tertiary/aromatic N) is 4. The molecule has 2 aromatic heterocycles. The minimum atomic E-state index is -4.34. The molecule has 36 heavy (non-hydrogen) atoms. The fourth-order valence-electron chi connectivity index (χ4n) is 5.68. The number of nitrogens with two attached hydrogens (primary N) is 1. The molecule has 6 rings (SSSR count). The topological polar surface area (TPSA) is 90.4 Å². The molecule has 1 atom stereocenters. The van der Waals surface area contributed by atoms with E-state index in [4.69, 9.17) is 15.5 Å². The number of rotatable bonds is 4. The van der Waals surface area contributed by atoms with Gasteiger partial charge in [0, 0.05) is 11.3 Å². The Morgan fingerprint density at radius 3 is 2.50 bits per heavy atom. The van der Waals surface area contributed by atoms with Gasteiger partial charge in [0.25, 0.3) is 0 Å². The van der Waals surface area contributed by atoms with Crippen LogP contribution < -0.4 is 15.8 Å². The lowest BCUT2D eigenvalue weighted by molar-refractivity contribution is -0.207. The van der Waals surface area contributed by atoms with Crippen LogP contribution >= 0.6 is 0 Å². The number of methoxy groups -OCH3 is 1. The Bertz CT molecular complexity index is 1420. The first-order chi connectivity index (χ1) is 17.3. The van der Waals surface area contributed by atoms with Gasteiger partial charge in [0.05, 0.1) is 7.11 Å². The number of nitrogens with one attached hydrogen (secondary N) is 1. The molecule has 1 aliphatic heterocycles. The van der Waals surface area contributed by atoms with E-state index >= 15 is 0 Å². The molecule has 0 bridgehead atoms. The summed E-state index contributed by atoms with van der Waals surface area (Å²) in [6.45, 7) is 0.375. The summed E-state index contributed by atoms with van der Waals surface area (Å²) in [6, 6.07) is 12.6. The van der Waals surface area contributed by atoms with Crippen LogP contribution in [0.5, 0.6) is 5.75 Å². The summed E-state index contributed by atoms with van der Waals surface area (Å²) in [5, 5.41) is 8.20. The molecule has 188 valence electrons. The van der Waals surface area contributed by atoms with Crippen molar-refractivity contribution in [2.45, 2.75) is 55.7 Å². The second-order valence-electron chi connectivity index (χ2n) is 9.81. The number of anilines is 1. The third-order valence-electron chi connectivity index (χ3n) is 7.79. The van der Waals surface area contributed by atoms with E-state index in [1.54, 1.807) is 23.8 Å². The minimum absolute atomic E-state index is 0.0689. The summed E-state index contributed by atoms with van der Waals surface area (Å²) in [5.41, 5.74) is 6.82. The molecule has 7 nitrogen and oxygen atoms in total. The normalized spacial score (nSPS) is 24.7. The van der Waals surface area contributed by atoms with Crippen LogP contribution in [0.15, 0.2) is 42.5 Å². The summed E-state index contributed by atoms with van der Waals surface area (Å²) in [6.07, 6.45) is -1.29. The summed E-state index contributed by atoms with van der Waals surface area (Å²) in [5.74, 6) is 1.96. The maximum Gasteiger partial charge on any atom is 0.410 e. The van der Waals surface area contributed by atoms with Crippen LogP contribution in [-0.2, 0) is 5.54 Å². The van der Waals surface area contributed by atoms with E-state index in [9.17, 15) is 13.2 Å². The van der Waals surface area contributed by atoms with Crippen LogP contribution in [0, 0.1) is 0 Å². The molecule has 3 heterocycles. The predicted molar refractivity (Wildman–Crippen MR) is 130 cm³/mol. The Morgan fingerprint density at radius 1 is 1.06 bits per heavy atom. The number of fused-ring (bicyclic) bond motifs is 3. The predicted octanol–water partition coefficient (Wildman–Crippen LogP) is 5.06. The van der Waals surface area contributed by atoms with Crippen LogP contribution in [0.25, 0.3) is 16.6 Å². The molecule has 10 heteroatoms. The van der Waals surface area contributed by atoms with Crippen molar-refractivity contribution < 1.29 is 17.9 Å². The lowest BCUT2D eigenvalue weighted by Gasteiger charge is -2.40. The number of aromatic nitrogens is 4. The first-order valence-corrected chi connectivity index (χ1v) is 12.2. The standard InChI is InChI=1S/C26H27F3N6O/c1-36-20-6-4-5-19-21(20)32-24(30)35-23(19)33-22(34-35)17-13-16(14-17)15-7-9-18(10-8-15)25(26(27,28)29)11-2-3-12-31-25/h4-10,16-17,31H,2-3,11-14H2,1H3,(H2,30,32)/t16?,17?,25-/m1/s1. The van der Waals surface area contributed by atoms with Gasteiger partial charge in [-0.1, -0.05) is 30.3 Å². The highest BCUT2D eigenvalue weighted by molar-refractivity contribution is 5.95. The number of ether oxygens (including phenoxy) is 1. The largest absolute Gasteiger partial charge is 0.494 e. The Balaban J connectivity index is 1.23. The van der Waals surface area contributed by atoms with Gasteiger partial charge >= 0.3 is 6.18 Å². The highest BCUT2D eigenvalue weighted by Gasteiger charge is 2.56. The Hall–Kier alpha value is -3.40. The van der Waals surface area contributed by atoms with Crippen molar-refractivity contribution in [3.05, 3.63) is 59.4 Å². The Labute approximate surface area is 205 Å². The SMILES string of the molecule is COc1cccc2c1nc(N)n1nc(C3CC(c4ccc([C@@]5(C(F)(F)F)CCCCN5)cc4)C3)nc21. The highest BCUT2D eigenvalue weighted by atomic mass is 19.4. The van der Waals surface area contributed by atoms with E-state index in [2.05, 4.69) is 15.4 Å². The number of para-hydroxylation sites is 1. The molecule has 4 aromatic rings. The number of halogens is 3. The quantitative estimate of drug-likeness (QED) is 0.411. The van der Waals surface area contributed by atoms with Crippen molar-refractivity contribution in [3.63, 3.8) is 0 Å². The molecule has 1 aliphatic carbocycles. The van der Waals surface area contributed by atoms with Crippen molar-refractivity contribution in [1.82, 2.24) is 24.9 Å². The van der Waals surface area contributed by atoms with Crippen molar-refractivity contribution in [1.29, 1.82) is 0 Å². The zero-order valence-corrected chi connectivity index (χ0v) is 19.8. The van der Waals surface area contributed by atoms with Crippen LogP contribution in [-0.4, -0.2) is 39.4 Å². The van der Waals surface area contributed by atoms with E-state index in [1.807, 2.05) is 30.3 Å². The number of hydrogen-bond donors (Lipinski definition) is 2. The second-order valence-corrected chi connectivity index (χ2v) is 9.81. The van der Waals surface area contributed by atoms with Gasteiger partial charge in [-0.25, -0.2) is 9.97 Å². The first-order valence-electron chi connectivity index (χ1n) is 12.2. The average molecular weight is 497 g/mol. The summed E-state index contributed by atoms with van der Waals surface area (Å²) < 4.78 is 49.0. The molecule has 0 radical (unpaired) electrons. The monoisotopic (exact) mass is 496 g/mol. The van der Waals surface area contributed by atoms with Crippen LogP contribution in [0.2, 0.25) is 0 Å². The Kier molecular flexibility index (Phi) is 5.33. The first kappa shape index (κ1) is 23.0. The Morgan fingerprint density at radius 2 is 1.83 bits per heavy atom. The molecular weight excluding hydrogens is 469 g/mol. The smallest absolute Gasteiger partial charge is 0.410 e. The number of nitrogen functional groups attached to an aromatic ring is 1. The van der Waals surface area contributed by atoms with Crippen molar-refractivity contribution in [2.24, 2.45) is 0 Å². The average Bonchev–Trinajstić information content (AvgIpc) is 3.29. The minimum Gasteiger partial charge on any atom is -0.494 e. The highest BCUT2D eigenvalue weighted by Crippen LogP contribution is 2.48. The van der Waals surface area contributed by atoms with E-state index in [0.29, 0.717) is 41.3 Å². The second kappa shape index (κ2) is 8.33. The molecule has 1 saturated heterocycles. The lowest BCUT2D eigenvalue weighted by Crippen LogP contribution is -2.56. The van der Waals surface area contributed by atoms with Crippen molar-refractivity contribution in [2.75, 3.05) is 19.4 Å². The van der Waals surface area contributed by atoms with E-state index in [1.165, 1.54) is 0 Å². The maximum absolute atomic E-state index is 14.0. The number of alkyl halides is 3. The van der Waals surface area contributed by atoms with Crippen LogP contribution in [0.4, 0.5) is 19.1 Å². The third-order valence-corrected chi connectivity index (χ3v) is 7.79. The molecule has 2 fully saturated rings. The number of benzene rings is 2. The van der Waals surface area contributed by atoms with Crippen LogP contribution in [0.3, 0.4) is 0 Å². The molecule has 0 spiro atoms. The number of hydrogen-bond acceptors (Lipinski definition) is 6. The van der Waals surface area contributed by atoms with Gasteiger partial charge in [0.1, 0.15) is 16.8 Å². The summed E-state index contributed by atoms with van der Waals surface area (Å²) in [7, 11) is 1.59. The van der Waals surface area contributed by atoms with Crippen molar-refractivity contribution in [3.8, 4) is 5.75 Å². The summed E-state index contributed by atoms with van der Waals surface area (Å²) >= 11 is 0. The van der Waals surface area contributed by atoms with Gasteiger partial charge in [-0.2, -0.15) is 17.7 Å². The fraction of sp³-hybridized carbons (Fsp3) is 0.423. The molecule has 3 N–H and O–H groups in total. The molecule has 0 amide bonds. The zero-order valence-electron chi connectivity index (χ0n) is 19.8.